The lowest BCUT2D eigenvalue weighted by atomic mass is 9.92. The highest BCUT2D eigenvalue weighted by atomic mass is 35.5. The minimum atomic E-state index is 0.455. The molecule has 0 spiro atoms. The van der Waals surface area contributed by atoms with Crippen molar-refractivity contribution in [1.29, 1.82) is 0 Å². The average Bonchev–Trinajstić information content (AvgIpc) is 3.30. The van der Waals surface area contributed by atoms with E-state index in [2.05, 4.69) is 40.6 Å². The van der Waals surface area contributed by atoms with Crippen LogP contribution in [0.4, 0.5) is 0 Å². The number of hydrogen-bond donors (Lipinski definition) is 1. The van der Waals surface area contributed by atoms with Gasteiger partial charge < -0.3 is 5.32 Å². The van der Waals surface area contributed by atoms with Crippen molar-refractivity contribution in [1.82, 2.24) is 10.3 Å². The Hall–Kier alpha value is -1.38. The van der Waals surface area contributed by atoms with Crippen molar-refractivity contribution in [2.75, 3.05) is 6.54 Å². The molecule has 1 aliphatic carbocycles. The Bertz CT molecular complexity index is 552. The molecule has 1 atom stereocenters. The zero-order valence-electron chi connectivity index (χ0n) is 11.4. The number of halogens is 1. The summed E-state index contributed by atoms with van der Waals surface area (Å²) in [7, 11) is 0. The van der Waals surface area contributed by atoms with Gasteiger partial charge in [0.25, 0.3) is 0 Å². The van der Waals surface area contributed by atoms with Crippen LogP contribution in [-0.2, 0) is 6.42 Å². The Morgan fingerprint density at radius 3 is 2.70 bits per heavy atom. The number of hydrogen-bond acceptors (Lipinski definition) is 2. The second kappa shape index (κ2) is 6.38. The van der Waals surface area contributed by atoms with Crippen LogP contribution in [0.25, 0.3) is 0 Å². The first-order valence-corrected chi connectivity index (χ1v) is 7.57. The lowest BCUT2D eigenvalue weighted by Crippen LogP contribution is -2.24. The standard InChI is InChI=1S/C17H19ClN2/c18-17-12-19-9-8-14(17)10-15(11-20-16-6-7-16)13-4-2-1-3-5-13/h1-5,8-9,12,15-16,20H,6-7,10-11H2. The summed E-state index contributed by atoms with van der Waals surface area (Å²) in [5, 5.41) is 4.40. The number of rotatable bonds is 6. The summed E-state index contributed by atoms with van der Waals surface area (Å²) < 4.78 is 0. The van der Waals surface area contributed by atoms with Crippen LogP contribution in [0, 0.1) is 0 Å². The van der Waals surface area contributed by atoms with Crippen LogP contribution in [0.1, 0.15) is 29.9 Å². The summed E-state index contributed by atoms with van der Waals surface area (Å²) in [6.45, 7) is 1.01. The van der Waals surface area contributed by atoms with Gasteiger partial charge in [0, 0.05) is 30.9 Å². The third kappa shape index (κ3) is 3.59. The van der Waals surface area contributed by atoms with Gasteiger partial charge in [-0.05, 0) is 36.5 Å². The van der Waals surface area contributed by atoms with E-state index < -0.39 is 0 Å². The first kappa shape index (κ1) is 13.6. The lowest BCUT2D eigenvalue weighted by molar-refractivity contribution is 0.577. The predicted octanol–water partition coefficient (Wildman–Crippen LogP) is 3.81. The zero-order valence-corrected chi connectivity index (χ0v) is 12.2. The number of aromatic nitrogens is 1. The minimum absolute atomic E-state index is 0.455. The normalized spacial score (nSPS) is 16.1. The van der Waals surface area contributed by atoms with Crippen LogP contribution in [-0.4, -0.2) is 17.6 Å². The van der Waals surface area contributed by atoms with Crippen molar-refractivity contribution >= 4 is 11.6 Å². The Morgan fingerprint density at radius 1 is 1.20 bits per heavy atom. The van der Waals surface area contributed by atoms with Gasteiger partial charge in [0.15, 0.2) is 0 Å². The molecule has 3 heteroatoms. The Kier molecular flexibility index (Phi) is 4.34. The fourth-order valence-corrected chi connectivity index (χ4v) is 2.66. The highest BCUT2D eigenvalue weighted by Crippen LogP contribution is 2.26. The summed E-state index contributed by atoms with van der Waals surface area (Å²) >= 11 is 6.25. The smallest absolute Gasteiger partial charge is 0.0621 e. The van der Waals surface area contributed by atoms with Crippen molar-refractivity contribution in [3.8, 4) is 0 Å². The maximum absolute atomic E-state index is 6.25. The molecule has 3 rings (SSSR count). The lowest BCUT2D eigenvalue weighted by Gasteiger charge is -2.19. The van der Waals surface area contributed by atoms with Gasteiger partial charge in [-0.2, -0.15) is 0 Å². The molecule has 104 valence electrons. The largest absolute Gasteiger partial charge is 0.313 e. The van der Waals surface area contributed by atoms with E-state index in [1.165, 1.54) is 24.0 Å². The topological polar surface area (TPSA) is 24.9 Å². The molecule has 1 aliphatic rings. The second-order valence-corrected chi connectivity index (χ2v) is 5.87. The first-order chi connectivity index (χ1) is 9.83. The van der Waals surface area contributed by atoms with Crippen molar-refractivity contribution in [3.05, 3.63) is 64.9 Å². The maximum atomic E-state index is 6.25. The molecule has 0 bridgehead atoms. The molecule has 1 unspecified atom stereocenters. The fourth-order valence-electron chi connectivity index (χ4n) is 2.46. The van der Waals surface area contributed by atoms with E-state index in [4.69, 9.17) is 11.6 Å². The van der Waals surface area contributed by atoms with Crippen LogP contribution in [0.15, 0.2) is 48.8 Å². The average molecular weight is 287 g/mol. The molecule has 0 aliphatic heterocycles. The van der Waals surface area contributed by atoms with Gasteiger partial charge in [0.2, 0.25) is 0 Å². The second-order valence-electron chi connectivity index (χ2n) is 5.46. The molecular weight excluding hydrogens is 268 g/mol. The van der Waals surface area contributed by atoms with Gasteiger partial charge in [0.1, 0.15) is 0 Å². The molecule has 1 aromatic heterocycles. The van der Waals surface area contributed by atoms with E-state index >= 15 is 0 Å². The van der Waals surface area contributed by atoms with Gasteiger partial charge in [-0.15, -0.1) is 0 Å². The van der Waals surface area contributed by atoms with Gasteiger partial charge in [-0.3, -0.25) is 4.98 Å². The third-order valence-electron chi connectivity index (χ3n) is 3.82. The SMILES string of the molecule is Clc1cnccc1CC(CNC1CC1)c1ccccc1. The van der Waals surface area contributed by atoms with E-state index in [0.717, 1.165) is 24.0 Å². The number of nitrogens with zero attached hydrogens (tertiary/aromatic N) is 1. The molecule has 2 nitrogen and oxygen atoms in total. The number of pyridine rings is 1. The van der Waals surface area contributed by atoms with Crippen LogP contribution >= 0.6 is 11.6 Å². The third-order valence-corrected chi connectivity index (χ3v) is 4.16. The molecule has 1 heterocycles. The molecule has 20 heavy (non-hydrogen) atoms. The van der Waals surface area contributed by atoms with Crippen LogP contribution in [0.3, 0.4) is 0 Å². The molecule has 1 fully saturated rings. The van der Waals surface area contributed by atoms with Crippen molar-refractivity contribution in [2.24, 2.45) is 0 Å². The summed E-state index contributed by atoms with van der Waals surface area (Å²) in [5.41, 5.74) is 2.54. The number of benzene rings is 1. The number of nitrogens with one attached hydrogen (secondary N) is 1. The van der Waals surface area contributed by atoms with Gasteiger partial charge in [-0.1, -0.05) is 41.9 Å². The predicted molar refractivity (Wildman–Crippen MR) is 83.2 cm³/mol. The zero-order chi connectivity index (χ0) is 13.8. The molecule has 2 aromatic rings. The van der Waals surface area contributed by atoms with Crippen molar-refractivity contribution in [3.63, 3.8) is 0 Å². The van der Waals surface area contributed by atoms with E-state index in [-0.39, 0.29) is 0 Å². The maximum Gasteiger partial charge on any atom is 0.0621 e. The molecule has 1 N–H and O–H groups in total. The molecule has 0 radical (unpaired) electrons. The van der Waals surface area contributed by atoms with E-state index in [9.17, 15) is 0 Å². The molecule has 1 saturated carbocycles. The quantitative estimate of drug-likeness (QED) is 0.873. The Labute approximate surface area is 125 Å². The van der Waals surface area contributed by atoms with Gasteiger partial charge in [-0.25, -0.2) is 0 Å². The van der Waals surface area contributed by atoms with Crippen LogP contribution < -0.4 is 5.32 Å². The Morgan fingerprint density at radius 2 is 2.00 bits per heavy atom. The monoisotopic (exact) mass is 286 g/mol. The van der Waals surface area contributed by atoms with E-state index in [0.29, 0.717) is 5.92 Å². The Balaban J connectivity index is 1.76. The van der Waals surface area contributed by atoms with E-state index in [1.54, 1.807) is 6.20 Å². The van der Waals surface area contributed by atoms with Crippen LogP contribution in [0.5, 0.6) is 0 Å². The summed E-state index contributed by atoms with van der Waals surface area (Å²) in [5.74, 6) is 0.455. The van der Waals surface area contributed by atoms with Crippen LogP contribution in [0.2, 0.25) is 5.02 Å². The molecule has 0 amide bonds. The minimum Gasteiger partial charge on any atom is -0.313 e. The summed E-state index contributed by atoms with van der Waals surface area (Å²) in [6.07, 6.45) is 7.13. The first-order valence-electron chi connectivity index (χ1n) is 7.19. The van der Waals surface area contributed by atoms with Crippen molar-refractivity contribution < 1.29 is 0 Å². The highest BCUT2D eigenvalue weighted by molar-refractivity contribution is 6.31. The van der Waals surface area contributed by atoms with E-state index in [1.807, 2.05) is 12.3 Å². The molecule has 0 saturated heterocycles. The van der Waals surface area contributed by atoms with Crippen molar-refractivity contribution in [2.45, 2.75) is 31.2 Å². The highest BCUT2D eigenvalue weighted by Gasteiger charge is 2.22. The fraction of sp³-hybridized carbons (Fsp3) is 0.353. The molecular formula is C17H19ClN2. The summed E-state index contributed by atoms with van der Waals surface area (Å²) in [4.78, 5) is 4.06. The van der Waals surface area contributed by atoms with Gasteiger partial charge in [0.05, 0.1) is 5.02 Å². The summed E-state index contributed by atoms with van der Waals surface area (Å²) in [6, 6.07) is 13.4. The van der Waals surface area contributed by atoms with Gasteiger partial charge >= 0.3 is 0 Å². The molecule has 1 aromatic carbocycles.